The molecule has 0 saturated carbocycles. The number of benzene rings is 1. The van der Waals surface area contributed by atoms with Crippen molar-refractivity contribution in [2.24, 2.45) is 0 Å². The molecule has 0 fully saturated rings. The van der Waals surface area contributed by atoms with E-state index >= 15 is 0 Å². The van der Waals surface area contributed by atoms with E-state index in [1.165, 1.54) is 23.1 Å². The number of nitrogens with zero attached hydrogens (tertiary/aromatic N) is 5. The van der Waals surface area contributed by atoms with E-state index in [0.29, 0.717) is 22.7 Å². The molecular weight excluding hydrogens is 422 g/mol. The summed E-state index contributed by atoms with van der Waals surface area (Å²) in [5, 5.41) is 23.2. The number of carbonyl (C=O) groups excluding carboxylic acids is 2. The summed E-state index contributed by atoms with van der Waals surface area (Å²) >= 11 is 2.60. The third-order valence-corrected chi connectivity index (χ3v) is 6.09. The first-order chi connectivity index (χ1) is 14.4. The molecule has 30 heavy (non-hydrogen) atoms. The van der Waals surface area contributed by atoms with Gasteiger partial charge < -0.3 is 9.88 Å². The van der Waals surface area contributed by atoms with Gasteiger partial charge in [-0.2, -0.15) is 0 Å². The highest BCUT2D eigenvalue weighted by Crippen LogP contribution is 2.24. The van der Waals surface area contributed by atoms with Crippen LogP contribution in [0.15, 0.2) is 29.4 Å². The number of rotatable bonds is 8. The van der Waals surface area contributed by atoms with Crippen LogP contribution < -0.4 is 10.6 Å². The Hall–Kier alpha value is -2.79. The SMILES string of the molecule is CCn1c(CC(=O)Nc2ccccc2C)nnc1S[C@@H](C)C(=O)Nc1nnc(C)s1. The van der Waals surface area contributed by atoms with Gasteiger partial charge in [0.1, 0.15) is 10.8 Å². The predicted octanol–water partition coefficient (Wildman–Crippen LogP) is 3.07. The summed E-state index contributed by atoms with van der Waals surface area (Å²) < 4.78 is 1.85. The lowest BCUT2D eigenvalue weighted by Crippen LogP contribution is -2.23. The van der Waals surface area contributed by atoms with Crippen LogP contribution >= 0.6 is 23.1 Å². The van der Waals surface area contributed by atoms with Gasteiger partial charge in [-0.05, 0) is 39.3 Å². The fourth-order valence-corrected chi connectivity index (χ4v) is 4.20. The minimum Gasteiger partial charge on any atom is -0.325 e. The summed E-state index contributed by atoms with van der Waals surface area (Å²) in [6.07, 6.45) is 0.0976. The van der Waals surface area contributed by atoms with Crippen LogP contribution in [-0.2, 0) is 22.6 Å². The van der Waals surface area contributed by atoms with Crippen LogP contribution in [0.3, 0.4) is 0 Å². The third-order valence-electron chi connectivity index (χ3n) is 4.26. The number of carbonyl (C=O) groups is 2. The normalized spacial score (nSPS) is 11.9. The van der Waals surface area contributed by atoms with E-state index in [1.807, 2.05) is 49.6 Å². The molecule has 0 unspecified atom stereocenters. The standard InChI is InChI=1S/C19H23N7O2S2/c1-5-26-15(10-16(27)20-14-9-7-6-8-11(14)2)23-25-19(26)29-12(3)17(28)21-18-24-22-13(4)30-18/h6-9,12H,5,10H2,1-4H3,(H,20,27)(H,21,24,28)/t12-/m0/s1. The molecule has 11 heteroatoms. The summed E-state index contributed by atoms with van der Waals surface area (Å²) in [6.45, 7) is 8.09. The van der Waals surface area contributed by atoms with Gasteiger partial charge in [0.05, 0.1) is 11.7 Å². The minimum absolute atomic E-state index is 0.0976. The molecule has 0 radical (unpaired) electrons. The Kier molecular flexibility index (Phi) is 7.16. The summed E-state index contributed by atoms with van der Waals surface area (Å²) in [5.74, 6) is 0.194. The lowest BCUT2D eigenvalue weighted by atomic mass is 10.2. The van der Waals surface area contributed by atoms with E-state index in [9.17, 15) is 9.59 Å². The van der Waals surface area contributed by atoms with Crippen LogP contribution in [0.1, 0.15) is 30.2 Å². The molecule has 0 aliphatic carbocycles. The van der Waals surface area contributed by atoms with E-state index in [4.69, 9.17) is 0 Å². The van der Waals surface area contributed by atoms with E-state index in [-0.39, 0.29) is 18.2 Å². The molecule has 158 valence electrons. The minimum atomic E-state index is -0.419. The number of anilines is 2. The smallest absolute Gasteiger partial charge is 0.239 e. The summed E-state index contributed by atoms with van der Waals surface area (Å²) in [5.41, 5.74) is 1.77. The van der Waals surface area contributed by atoms with Gasteiger partial charge in [-0.25, -0.2) is 0 Å². The maximum absolute atomic E-state index is 12.5. The van der Waals surface area contributed by atoms with Gasteiger partial charge in [-0.15, -0.1) is 20.4 Å². The Morgan fingerprint density at radius 3 is 2.57 bits per heavy atom. The van der Waals surface area contributed by atoms with E-state index in [2.05, 4.69) is 31.0 Å². The summed E-state index contributed by atoms with van der Waals surface area (Å²) in [4.78, 5) is 24.9. The van der Waals surface area contributed by atoms with Crippen LogP contribution in [-0.4, -0.2) is 42.0 Å². The number of para-hydroxylation sites is 1. The maximum atomic E-state index is 12.5. The quantitative estimate of drug-likeness (QED) is 0.512. The van der Waals surface area contributed by atoms with Crippen LogP contribution in [0.4, 0.5) is 10.8 Å². The number of aryl methyl sites for hydroxylation is 2. The van der Waals surface area contributed by atoms with Gasteiger partial charge in [0.25, 0.3) is 0 Å². The van der Waals surface area contributed by atoms with Crippen molar-refractivity contribution in [2.45, 2.75) is 51.1 Å². The zero-order valence-electron chi connectivity index (χ0n) is 17.2. The third kappa shape index (κ3) is 5.42. The number of hydrogen-bond donors (Lipinski definition) is 2. The van der Waals surface area contributed by atoms with Crippen LogP contribution in [0.2, 0.25) is 0 Å². The monoisotopic (exact) mass is 445 g/mol. The molecule has 0 aliphatic rings. The zero-order valence-corrected chi connectivity index (χ0v) is 18.8. The van der Waals surface area contributed by atoms with Gasteiger partial charge in [-0.3, -0.25) is 14.9 Å². The number of hydrogen-bond acceptors (Lipinski definition) is 8. The second kappa shape index (κ2) is 9.81. The molecule has 1 aromatic carbocycles. The molecule has 0 bridgehead atoms. The van der Waals surface area contributed by atoms with Gasteiger partial charge in [0.15, 0.2) is 5.16 Å². The molecule has 2 aromatic heterocycles. The van der Waals surface area contributed by atoms with Crippen molar-refractivity contribution in [3.63, 3.8) is 0 Å². The van der Waals surface area contributed by atoms with Crippen molar-refractivity contribution in [1.82, 2.24) is 25.0 Å². The van der Waals surface area contributed by atoms with Crippen LogP contribution in [0.25, 0.3) is 0 Å². The molecule has 3 aromatic rings. The Morgan fingerprint density at radius 2 is 1.90 bits per heavy atom. The summed E-state index contributed by atoms with van der Waals surface area (Å²) in [6, 6.07) is 7.60. The van der Waals surface area contributed by atoms with Gasteiger partial charge in [-0.1, -0.05) is 41.3 Å². The van der Waals surface area contributed by atoms with Crippen molar-refractivity contribution in [1.29, 1.82) is 0 Å². The fourth-order valence-electron chi connectivity index (χ4n) is 2.67. The van der Waals surface area contributed by atoms with E-state index in [0.717, 1.165) is 16.3 Å². The Labute approximate surface area is 182 Å². The first-order valence-corrected chi connectivity index (χ1v) is 11.1. The first kappa shape index (κ1) is 21.9. The highest BCUT2D eigenvalue weighted by atomic mass is 32.2. The number of thioether (sulfide) groups is 1. The number of nitrogens with one attached hydrogen (secondary N) is 2. The molecular formula is C19H23N7O2S2. The van der Waals surface area contributed by atoms with Gasteiger partial charge in [0, 0.05) is 12.2 Å². The first-order valence-electron chi connectivity index (χ1n) is 9.42. The molecule has 2 N–H and O–H groups in total. The maximum Gasteiger partial charge on any atom is 0.239 e. The van der Waals surface area contributed by atoms with Gasteiger partial charge >= 0.3 is 0 Å². The molecule has 2 amide bonds. The Morgan fingerprint density at radius 1 is 1.13 bits per heavy atom. The second-order valence-corrected chi connectivity index (χ2v) is 9.05. The number of aromatic nitrogens is 5. The van der Waals surface area contributed by atoms with Crippen molar-refractivity contribution < 1.29 is 9.59 Å². The van der Waals surface area contributed by atoms with Crippen LogP contribution in [0.5, 0.6) is 0 Å². The average molecular weight is 446 g/mol. The molecule has 0 saturated heterocycles. The summed E-state index contributed by atoms with van der Waals surface area (Å²) in [7, 11) is 0. The lowest BCUT2D eigenvalue weighted by Gasteiger charge is -2.12. The topological polar surface area (TPSA) is 115 Å². The van der Waals surface area contributed by atoms with Crippen molar-refractivity contribution in [3.05, 3.63) is 40.7 Å². The molecule has 3 rings (SSSR count). The van der Waals surface area contributed by atoms with Crippen LogP contribution in [0, 0.1) is 13.8 Å². The predicted molar refractivity (Wildman–Crippen MR) is 118 cm³/mol. The average Bonchev–Trinajstić information content (AvgIpc) is 3.28. The molecule has 0 aliphatic heterocycles. The number of amides is 2. The van der Waals surface area contributed by atoms with Gasteiger partial charge in [0.2, 0.25) is 16.9 Å². The highest BCUT2D eigenvalue weighted by molar-refractivity contribution is 8.00. The Balaban J connectivity index is 1.63. The van der Waals surface area contributed by atoms with E-state index in [1.54, 1.807) is 6.92 Å². The van der Waals surface area contributed by atoms with Crippen molar-refractivity contribution in [3.8, 4) is 0 Å². The Bertz CT molecular complexity index is 1050. The van der Waals surface area contributed by atoms with Crippen molar-refractivity contribution in [2.75, 3.05) is 10.6 Å². The highest BCUT2D eigenvalue weighted by Gasteiger charge is 2.21. The van der Waals surface area contributed by atoms with E-state index < -0.39 is 5.25 Å². The second-order valence-electron chi connectivity index (χ2n) is 6.56. The molecule has 0 spiro atoms. The largest absolute Gasteiger partial charge is 0.325 e. The molecule has 1 atom stereocenters. The molecule has 2 heterocycles. The molecule has 9 nitrogen and oxygen atoms in total. The zero-order chi connectivity index (χ0) is 21.7. The fraction of sp³-hybridized carbons (Fsp3) is 0.368. The van der Waals surface area contributed by atoms with Crippen molar-refractivity contribution >= 4 is 45.7 Å². The lowest BCUT2D eigenvalue weighted by molar-refractivity contribution is -0.116.